The number of urea groups is 1. The number of pyridine rings is 1. The van der Waals surface area contributed by atoms with E-state index in [9.17, 15) is 4.79 Å². The van der Waals surface area contributed by atoms with Crippen LogP contribution in [0.4, 0.5) is 9.93 Å². The average Bonchev–Trinajstić information content (AvgIpc) is 3.04. The van der Waals surface area contributed by atoms with Gasteiger partial charge in [0.05, 0.1) is 19.3 Å². The molecule has 28 heavy (non-hydrogen) atoms. The number of carbonyl (C=O) groups excluding carboxylic acids is 1. The van der Waals surface area contributed by atoms with Crippen LogP contribution in [-0.4, -0.2) is 34.4 Å². The van der Waals surface area contributed by atoms with Crippen LogP contribution in [0.5, 0.6) is 11.5 Å². The molecular weight excluding hydrogens is 378 g/mol. The van der Waals surface area contributed by atoms with Gasteiger partial charge in [-0.25, -0.2) is 4.79 Å². The zero-order valence-corrected chi connectivity index (χ0v) is 16.0. The molecule has 2 aromatic heterocycles. The molecule has 1 atom stereocenters. The summed E-state index contributed by atoms with van der Waals surface area (Å²) >= 11 is 1.26. The Bertz CT molecular complexity index is 963. The lowest BCUT2D eigenvalue weighted by Crippen LogP contribution is -2.31. The SMILES string of the molecule is CC(NC(=O)Nc1nnc(-c2ccccn2)s1)c1ccc2c(c1)OCCCO2. The number of aromatic nitrogens is 3. The van der Waals surface area contributed by atoms with Gasteiger partial charge in [-0.2, -0.15) is 0 Å². The fraction of sp³-hybridized carbons (Fsp3) is 0.263. The van der Waals surface area contributed by atoms with E-state index >= 15 is 0 Å². The molecule has 0 radical (unpaired) electrons. The summed E-state index contributed by atoms with van der Waals surface area (Å²) < 4.78 is 11.3. The van der Waals surface area contributed by atoms with Crippen molar-refractivity contribution in [3.05, 3.63) is 48.2 Å². The first-order valence-corrected chi connectivity index (χ1v) is 9.72. The molecule has 4 rings (SSSR count). The topological polar surface area (TPSA) is 98.3 Å². The number of carbonyl (C=O) groups is 1. The smallest absolute Gasteiger partial charge is 0.321 e. The molecule has 0 aliphatic carbocycles. The van der Waals surface area contributed by atoms with Gasteiger partial charge in [0.1, 0.15) is 5.69 Å². The van der Waals surface area contributed by atoms with E-state index in [-0.39, 0.29) is 12.1 Å². The van der Waals surface area contributed by atoms with Crippen molar-refractivity contribution in [3.8, 4) is 22.2 Å². The summed E-state index contributed by atoms with van der Waals surface area (Å²) in [6.45, 7) is 3.16. The van der Waals surface area contributed by atoms with Crippen LogP contribution in [0, 0.1) is 0 Å². The van der Waals surface area contributed by atoms with Crippen molar-refractivity contribution in [2.45, 2.75) is 19.4 Å². The minimum atomic E-state index is -0.358. The van der Waals surface area contributed by atoms with Crippen molar-refractivity contribution in [1.82, 2.24) is 20.5 Å². The zero-order chi connectivity index (χ0) is 19.3. The van der Waals surface area contributed by atoms with Gasteiger partial charge in [0.25, 0.3) is 0 Å². The second kappa shape index (κ2) is 8.22. The van der Waals surface area contributed by atoms with Crippen LogP contribution in [0.15, 0.2) is 42.6 Å². The third-order valence-electron chi connectivity index (χ3n) is 4.15. The third-order valence-corrected chi connectivity index (χ3v) is 5.01. The predicted octanol–water partition coefficient (Wildman–Crippen LogP) is 3.64. The second-order valence-electron chi connectivity index (χ2n) is 6.20. The van der Waals surface area contributed by atoms with E-state index < -0.39 is 0 Å². The molecule has 2 amide bonds. The maximum absolute atomic E-state index is 12.3. The number of hydrogen-bond donors (Lipinski definition) is 2. The number of ether oxygens (including phenoxy) is 2. The number of hydrogen-bond acceptors (Lipinski definition) is 7. The van der Waals surface area contributed by atoms with E-state index in [1.54, 1.807) is 6.20 Å². The van der Waals surface area contributed by atoms with Crippen molar-refractivity contribution in [2.24, 2.45) is 0 Å². The maximum Gasteiger partial charge on any atom is 0.321 e. The summed E-state index contributed by atoms with van der Waals surface area (Å²) in [5.41, 5.74) is 1.64. The minimum Gasteiger partial charge on any atom is -0.490 e. The normalized spacial score (nSPS) is 14.0. The molecular formula is C19H19N5O3S. The molecule has 3 aromatic rings. The highest BCUT2D eigenvalue weighted by atomic mass is 32.1. The van der Waals surface area contributed by atoms with E-state index in [2.05, 4.69) is 25.8 Å². The Balaban J connectivity index is 1.39. The first kappa shape index (κ1) is 18.2. The number of rotatable bonds is 4. The van der Waals surface area contributed by atoms with Gasteiger partial charge in [0.2, 0.25) is 5.13 Å². The van der Waals surface area contributed by atoms with E-state index in [0.717, 1.165) is 17.7 Å². The number of amides is 2. The number of anilines is 1. The molecule has 0 saturated heterocycles. The second-order valence-corrected chi connectivity index (χ2v) is 7.18. The van der Waals surface area contributed by atoms with E-state index in [0.29, 0.717) is 34.8 Å². The molecule has 1 aromatic carbocycles. The predicted molar refractivity (Wildman–Crippen MR) is 106 cm³/mol. The molecule has 1 unspecified atom stereocenters. The Hall–Kier alpha value is -3.20. The fourth-order valence-electron chi connectivity index (χ4n) is 2.73. The van der Waals surface area contributed by atoms with Crippen molar-refractivity contribution in [2.75, 3.05) is 18.5 Å². The molecule has 0 saturated carbocycles. The fourth-order valence-corrected chi connectivity index (χ4v) is 3.44. The summed E-state index contributed by atoms with van der Waals surface area (Å²) in [5, 5.41) is 14.7. The first-order chi connectivity index (χ1) is 13.7. The van der Waals surface area contributed by atoms with E-state index in [4.69, 9.17) is 9.47 Å². The van der Waals surface area contributed by atoms with Crippen LogP contribution in [-0.2, 0) is 0 Å². The number of nitrogens with zero attached hydrogens (tertiary/aromatic N) is 3. The molecule has 3 heterocycles. The van der Waals surface area contributed by atoms with Crippen LogP contribution in [0.2, 0.25) is 0 Å². The lowest BCUT2D eigenvalue weighted by molar-refractivity contribution is 0.249. The highest BCUT2D eigenvalue weighted by molar-refractivity contribution is 7.18. The Labute approximate surface area is 165 Å². The quantitative estimate of drug-likeness (QED) is 0.697. The Kier molecular flexibility index (Phi) is 5.34. The van der Waals surface area contributed by atoms with Gasteiger partial charge < -0.3 is 14.8 Å². The van der Waals surface area contributed by atoms with Gasteiger partial charge >= 0.3 is 6.03 Å². The van der Waals surface area contributed by atoms with Crippen molar-refractivity contribution >= 4 is 22.5 Å². The van der Waals surface area contributed by atoms with Crippen LogP contribution in [0.25, 0.3) is 10.7 Å². The molecule has 0 bridgehead atoms. The molecule has 1 aliphatic rings. The maximum atomic E-state index is 12.3. The van der Waals surface area contributed by atoms with Crippen LogP contribution < -0.4 is 20.1 Å². The van der Waals surface area contributed by atoms with Crippen LogP contribution >= 0.6 is 11.3 Å². The number of fused-ring (bicyclic) bond motifs is 1. The summed E-state index contributed by atoms with van der Waals surface area (Å²) in [6, 6.07) is 10.7. The number of nitrogens with one attached hydrogen (secondary N) is 2. The van der Waals surface area contributed by atoms with Gasteiger partial charge in [-0.15, -0.1) is 10.2 Å². The van der Waals surface area contributed by atoms with Crippen LogP contribution in [0.3, 0.4) is 0 Å². The van der Waals surface area contributed by atoms with E-state index in [1.807, 2.05) is 43.3 Å². The highest BCUT2D eigenvalue weighted by Gasteiger charge is 2.16. The average molecular weight is 397 g/mol. The zero-order valence-electron chi connectivity index (χ0n) is 15.2. The van der Waals surface area contributed by atoms with Gasteiger partial charge in [-0.05, 0) is 36.8 Å². The first-order valence-electron chi connectivity index (χ1n) is 8.91. The van der Waals surface area contributed by atoms with Gasteiger partial charge in [0, 0.05) is 12.6 Å². The summed E-state index contributed by atoms with van der Waals surface area (Å²) in [4.78, 5) is 16.6. The lowest BCUT2D eigenvalue weighted by Gasteiger charge is -2.16. The molecule has 9 heteroatoms. The van der Waals surface area contributed by atoms with Crippen molar-refractivity contribution in [1.29, 1.82) is 0 Å². The highest BCUT2D eigenvalue weighted by Crippen LogP contribution is 2.32. The van der Waals surface area contributed by atoms with Gasteiger partial charge in [-0.1, -0.05) is 23.5 Å². The monoisotopic (exact) mass is 397 g/mol. The molecule has 0 fully saturated rings. The molecule has 2 N–H and O–H groups in total. The van der Waals surface area contributed by atoms with Gasteiger partial charge in [-0.3, -0.25) is 10.3 Å². The lowest BCUT2D eigenvalue weighted by atomic mass is 10.1. The van der Waals surface area contributed by atoms with Crippen molar-refractivity contribution in [3.63, 3.8) is 0 Å². The van der Waals surface area contributed by atoms with Gasteiger partial charge in [0.15, 0.2) is 16.5 Å². The number of benzene rings is 1. The Morgan fingerprint density at radius 1 is 1.14 bits per heavy atom. The minimum absolute atomic E-state index is 0.222. The molecule has 8 nitrogen and oxygen atoms in total. The summed E-state index contributed by atoms with van der Waals surface area (Å²) in [7, 11) is 0. The largest absolute Gasteiger partial charge is 0.490 e. The standard InChI is InChI=1S/C19H19N5O3S/c1-12(13-6-7-15-16(11-13)27-10-4-9-26-15)21-18(25)22-19-24-23-17(28-19)14-5-2-3-8-20-14/h2-3,5-8,11-12H,4,9-10H2,1H3,(H2,21,22,24,25). The molecule has 144 valence electrons. The molecule has 1 aliphatic heterocycles. The molecule has 0 spiro atoms. The Morgan fingerprint density at radius 2 is 2.00 bits per heavy atom. The van der Waals surface area contributed by atoms with Crippen LogP contribution in [0.1, 0.15) is 24.9 Å². The summed E-state index contributed by atoms with van der Waals surface area (Å²) in [5.74, 6) is 1.43. The Morgan fingerprint density at radius 3 is 2.82 bits per heavy atom. The summed E-state index contributed by atoms with van der Waals surface area (Å²) in [6.07, 6.45) is 2.54. The van der Waals surface area contributed by atoms with E-state index in [1.165, 1.54) is 11.3 Å². The third kappa shape index (κ3) is 4.20. The van der Waals surface area contributed by atoms with Crippen molar-refractivity contribution < 1.29 is 14.3 Å².